The summed E-state index contributed by atoms with van der Waals surface area (Å²) in [5, 5.41) is 20.2. The Morgan fingerprint density at radius 3 is 2.88 bits per heavy atom. The van der Waals surface area contributed by atoms with E-state index in [0.29, 0.717) is 5.92 Å². The summed E-state index contributed by atoms with van der Waals surface area (Å²) >= 11 is 1.68. The fraction of sp³-hybridized carbons (Fsp3) is 0.500. The van der Waals surface area contributed by atoms with Crippen molar-refractivity contribution in [2.45, 2.75) is 37.0 Å². The molecule has 1 fully saturated rings. The minimum Gasteiger partial charge on any atom is -0.481 e. The Morgan fingerprint density at radius 1 is 1.33 bits per heavy atom. The largest absolute Gasteiger partial charge is 0.481 e. The standard InChI is InChI=1S/C18H22N2O3S/c19-8-9-20-18(23)16-7-2-1-5-14(16)12-24-15-6-3-4-13(10-15)11-17(21)22/h3-4,6,10,14,16H,1-2,5,7,9,11-12H2,(H,20,23)(H,21,22). The molecule has 1 aliphatic carbocycles. The molecule has 1 aromatic carbocycles. The van der Waals surface area contributed by atoms with Crippen molar-refractivity contribution >= 4 is 23.6 Å². The predicted molar refractivity (Wildman–Crippen MR) is 92.6 cm³/mol. The van der Waals surface area contributed by atoms with Crippen molar-refractivity contribution in [1.82, 2.24) is 5.32 Å². The van der Waals surface area contributed by atoms with E-state index in [1.165, 1.54) is 0 Å². The van der Waals surface area contributed by atoms with Gasteiger partial charge in [0.1, 0.15) is 6.54 Å². The lowest BCUT2D eigenvalue weighted by Gasteiger charge is -2.30. The van der Waals surface area contributed by atoms with Crippen LogP contribution < -0.4 is 5.32 Å². The molecule has 128 valence electrons. The van der Waals surface area contributed by atoms with Gasteiger partial charge in [-0.05, 0) is 36.5 Å². The summed E-state index contributed by atoms with van der Waals surface area (Å²) in [5.41, 5.74) is 0.791. The number of aliphatic carboxylic acids is 1. The van der Waals surface area contributed by atoms with Crippen LogP contribution in [0.1, 0.15) is 31.2 Å². The number of thioether (sulfide) groups is 1. The Hall–Kier alpha value is -2.00. The van der Waals surface area contributed by atoms with Crippen LogP contribution in [0.15, 0.2) is 29.2 Å². The molecule has 0 heterocycles. The molecule has 0 bridgehead atoms. The van der Waals surface area contributed by atoms with Crippen molar-refractivity contribution in [3.63, 3.8) is 0 Å². The molecule has 0 aliphatic heterocycles. The molecule has 2 unspecified atom stereocenters. The van der Waals surface area contributed by atoms with Gasteiger partial charge in [-0.2, -0.15) is 5.26 Å². The van der Waals surface area contributed by atoms with Crippen molar-refractivity contribution in [3.8, 4) is 6.07 Å². The highest BCUT2D eigenvalue weighted by Gasteiger charge is 2.30. The van der Waals surface area contributed by atoms with Gasteiger partial charge in [-0.15, -0.1) is 11.8 Å². The third-order valence-corrected chi connectivity index (χ3v) is 5.49. The first-order chi connectivity index (χ1) is 11.6. The van der Waals surface area contributed by atoms with Crippen LogP contribution in [0.25, 0.3) is 0 Å². The molecule has 5 nitrogen and oxygen atoms in total. The number of nitriles is 1. The Kier molecular flexibility index (Phi) is 7.13. The van der Waals surface area contributed by atoms with Crippen LogP contribution in [0.4, 0.5) is 0 Å². The zero-order valence-corrected chi connectivity index (χ0v) is 14.3. The molecule has 1 saturated carbocycles. The maximum Gasteiger partial charge on any atom is 0.307 e. The second kappa shape index (κ2) is 9.33. The zero-order chi connectivity index (χ0) is 17.4. The van der Waals surface area contributed by atoms with Gasteiger partial charge in [0, 0.05) is 16.6 Å². The number of carboxylic acid groups (broad SMARTS) is 1. The SMILES string of the molecule is N#CCNC(=O)C1CCCCC1CSc1cccc(CC(=O)O)c1. The van der Waals surface area contributed by atoms with Gasteiger partial charge in [-0.25, -0.2) is 0 Å². The van der Waals surface area contributed by atoms with Gasteiger partial charge in [0.15, 0.2) is 0 Å². The molecule has 1 aromatic rings. The summed E-state index contributed by atoms with van der Waals surface area (Å²) in [6.45, 7) is 0.0619. The lowest BCUT2D eigenvalue weighted by Crippen LogP contribution is -2.37. The number of hydrogen-bond acceptors (Lipinski definition) is 4. The van der Waals surface area contributed by atoms with E-state index in [-0.39, 0.29) is 24.8 Å². The first-order valence-electron chi connectivity index (χ1n) is 8.18. The van der Waals surface area contributed by atoms with E-state index in [9.17, 15) is 9.59 Å². The molecule has 0 saturated heterocycles. The van der Waals surface area contributed by atoms with E-state index >= 15 is 0 Å². The van der Waals surface area contributed by atoms with E-state index in [1.54, 1.807) is 11.8 Å². The summed E-state index contributed by atoms with van der Waals surface area (Å²) in [6.07, 6.45) is 4.11. The molecule has 24 heavy (non-hydrogen) atoms. The summed E-state index contributed by atoms with van der Waals surface area (Å²) in [7, 11) is 0. The van der Waals surface area contributed by atoms with Gasteiger partial charge in [0.25, 0.3) is 0 Å². The smallest absolute Gasteiger partial charge is 0.307 e. The third kappa shape index (κ3) is 5.57. The van der Waals surface area contributed by atoms with Crippen molar-refractivity contribution < 1.29 is 14.7 Å². The summed E-state index contributed by atoms with van der Waals surface area (Å²) in [4.78, 5) is 24.1. The number of nitrogens with one attached hydrogen (secondary N) is 1. The molecule has 0 spiro atoms. The highest BCUT2D eigenvalue weighted by atomic mass is 32.2. The number of hydrogen-bond donors (Lipinski definition) is 2. The van der Waals surface area contributed by atoms with Gasteiger partial charge in [-0.1, -0.05) is 25.0 Å². The molecular formula is C18H22N2O3S. The molecule has 0 aromatic heterocycles. The van der Waals surface area contributed by atoms with Crippen LogP contribution in [0.3, 0.4) is 0 Å². The van der Waals surface area contributed by atoms with Crippen LogP contribution >= 0.6 is 11.8 Å². The zero-order valence-electron chi connectivity index (χ0n) is 13.5. The van der Waals surface area contributed by atoms with Crippen LogP contribution in [0, 0.1) is 23.2 Å². The molecular weight excluding hydrogens is 324 g/mol. The topological polar surface area (TPSA) is 90.2 Å². The van der Waals surface area contributed by atoms with Crippen LogP contribution in [-0.4, -0.2) is 29.3 Å². The number of carbonyl (C=O) groups is 2. The Balaban J connectivity index is 1.94. The van der Waals surface area contributed by atoms with Gasteiger partial charge in [0.2, 0.25) is 5.91 Å². The van der Waals surface area contributed by atoms with Crippen molar-refractivity contribution in [3.05, 3.63) is 29.8 Å². The molecule has 2 rings (SSSR count). The minimum absolute atomic E-state index is 0.0125. The van der Waals surface area contributed by atoms with E-state index in [0.717, 1.165) is 41.9 Å². The molecule has 2 N–H and O–H groups in total. The molecule has 1 aliphatic rings. The van der Waals surface area contributed by atoms with Gasteiger partial charge >= 0.3 is 5.97 Å². The summed E-state index contributed by atoms with van der Waals surface area (Å²) in [5.74, 6) is 0.258. The first-order valence-corrected chi connectivity index (χ1v) is 9.17. The Labute approximate surface area is 146 Å². The third-order valence-electron chi connectivity index (χ3n) is 4.31. The van der Waals surface area contributed by atoms with Crippen molar-refractivity contribution in [1.29, 1.82) is 5.26 Å². The summed E-state index contributed by atoms with van der Waals surface area (Å²) < 4.78 is 0. The maximum atomic E-state index is 12.2. The van der Waals surface area contributed by atoms with Crippen LogP contribution in [-0.2, 0) is 16.0 Å². The fourth-order valence-corrected chi connectivity index (χ4v) is 4.35. The molecule has 1 amide bonds. The Bertz CT molecular complexity index is 627. The van der Waals surface area contributed by atoms with Crippen LogP contribution in [0.5, 0.6) is 0 Å². The Morgan fingerprint density at radius 2 is 2.12 bits per heavy atom. The average Bonchev–Trinajstić information content (AvgIpc) is 2.58. The second-order valence-corrected chi connectivity index (χ2v) is 7.15. The fourth-order valence-electron chi connectivity index (χ4n) is 3.13. The highest BCUT2D eigenvalue weighted by molar-refractivity contribution is 7.99. The second-order valence-electron chi connectivity index (χ2n) is 6.06. The number of carboxylic acids is 1. The summed E-state index contributed by atoms with van der Waals surface area (Å²) in [6, 6.07) is 9.52. The number of amides is 1. The van der Waals surface area contributed by atoms with Crippen molar-refractivity contribution in [2.75, 3.05) is 12.3 Å². The molecule has 2 atom stereocenters. The maximum absolute atomic E-state index is 12.2. The van der Waals surface area contributed by atoms with E-state index in [2.05, 4.69) is 5.32 Å². The number of benzene rings is 1. The lowest BCUT2D eigenvalue weighted by atomic mass is 9.80. The van der Waals surface area contributed by atoms with Gasteiger partial charge < -0.3 is 10.4 Å². The predicted octanol–water partition coefficient (Wildman–Crippen LogP) is 2.85. The molecule has 6 heteroatoms. The quantitative estimate of drug-likeness (QED) is 0.585. The first kappa shape index (κ1) is 18.3. The van der Waals surface area contributed by atoms with E-state index < -0.39 is 5.97 Å². The molecule has 0 radical (unpaired) electrons. The number of carbonyl (C=O) groups excluding carboxylic acids is 1. The van der Waals surface area contributed by atoms with E-state index in [1.807, 2.05) is 30.3 Å². The number of nitrogens with zero attached hydrogens (tertiary/aromatic N) is 1. The van der Waals surface area contributed by atoms with E-state index in [4.69, 9.17) is 10.4 Å². The van der Waals surface area contributed by atoms with Crippen molar-refractivity contribution in [2.24, 2.45) is 11.8 Å². The lowest BCUT2D eigenvalue weighted by molar-refractivity contribution is -0.136. The van der Waals surface area contributed by atoms with Gasteiger partial charge in [-0.3, -0.25) is 9.59 Å². The minimum atomic E-state index is -0.835. The highest BCUT2D eigenvalue weighted by Crippen LogP contribution is 2.34. The number of rotatable bonds is 7. The van der Waals surface area contributed by atoms with Crippen LogP contribution in [0.2, 0.25) is 0 Å². The average molecular weight is 346 g/mol. The normalized spacial score (nSPS) is 20.1. The monoisotopic (exact) mass is 346 g/mol. The van der Waals surface area contributed by atoms with Gasteiger partial charge in [0.05, 0.1) is 12.5 Å².